The monoisotopic (exact) mass is 400 g/mol. The molecule has 0 spiro atoms. The topological polar surface area (TPSA) is 78.2 Å². The first kappa shape index (κ1) is 18.6. The zero-order valence-electron chi connectivity index (χ0n) is 15.5. The van der Waals surface area contributed by atoms with E-state index in [9.17, 15) is 0 Å². The van der Waals surface area contributed by atoms with Crippen LogP contribution in [0.2, 0.25) is 5.02 Å². The van der Waals surface area contributed by atoms with Crippen LogP contribution in [-0.2, 0) is 11.3 Å². The first-order valence-electron chi connectivity index (χ1n) is 9.12. The second-order valence-electron chi connectivity index (χ2n) is 6.50. The van der Waals surface area contributed by atoms with E-state index in [4.69, 9.17) is 21.1 Å². The van der Waals surface area contributed by atoms with Crippen LogP contribution in [0, 0.1) is 0 Å². The first-order valence-corrected chi connectivity index (χ1v) is 9.50. The van der Waals surface area contributed by atoms with Gasteiger partial charge in [-0.2, -0.15) is 0 Å². The zero-order valence-corrected chi connectivity index (χ0v) is 16.3. The van der Waals surface area contributed by atoms with Crippen LogP contribution < -0.4 is 9.64 Å². The van der Waals surface area contributed by atoms with Gasteiger partial charge in [-0.1, -0.05) is 11.6 Å². The molecule has 1 aromatic carbocycles. The van der Waals surface area contributed by atoms with Crippen molar-refractivity contribution in [3.05, 3.63) is 53.6 Å². The molecule has 0 aliphatic carbocycles. The van der Waals surface area contributed by atoms with Crippen LogP contribution in [0.3, 0.4) is 0 Å². The number of anilines is 1. The minimum Gasteiger partial charge on any atom is -0.460 e. The van der Waals surface area contributed by atoms with Gasteiger partial charge in [0.1, 0.15) is 12.7 Å². The average Bonchev–Trinajstić information content (AvgIpc) is 3.14. The highest BCUT2D eigenvalue weighted by molar-refractivity contribution is 6.30. The number of ether oxygens (including phenoxy) is 2. The fourth-order valence-corrected chi connectivity index (χ4v) is 3.38. The van der Waals surface area contributed by atoms with Crippen molar-refractivity contribution >= 4 is 17.5 Å². The van der Waals surface area contributed by atoms with Gasteiger partial charge in [-0.3, -0.25) is 4.57 Å². The first-order chi connectivity index (χ1) is 13.7. The number of hydrogen-bond acceptors (Lipinski definition) is 7. The van der Waals surface area contributed by atoms with E-state index < -0.39 is 0 Å². The molecule has 0 saturated carbocycles. The molecule has 0 bridgehead atoms. The smallest absolute Gasteiger partial charge is 0.316 e. The van der Waals surface area contributed by atoms with Crippen molar-refractivity contribution in [1.82, 2.24) is 24.7 Å². The number of benzene rings is 1. The summed E-state index contributed by atoms with van der Waals surface area (Å²) in [6, 6.07) is 9.83. The van der Waals surface area contributed by atoms with E-state index in [1.165, 1.54) is 0 Å². The van der Waals surface area contributed by atoms with E-state index in [0.717, 1.165) is 43.4 Å². The fourth-order valence-electron chi connectivity index (χ4n) is 3.26. The van der Waals surface area contributed by atoms with Gasteiger partial charge in [-0.25, -0.2) is 9.97 Å². The number of hydrogen-bond donors (Lipinski definition) is 0. The maximum atomic E-state index is 6.05. The molecule has 3 heterocycles. The van der Waals surface area contributed by atoms with Crippen LogP contribution in [0.1, 0.15) is 18.7 Å². The molecule has 0 atom stereocenters. The minimum absolute atomic E-state index is 0.0870. The van der Waals surface area contributed by atoms with E-state index in [0.29, 0.717) is 17.6 Å². The van der Waals surface area contributed by atoms with Gasteiger partial charge in [0.05, 0.1) is 5.69 Å². The average molecular weight is 401 g/mol. The highest BCUT2D eigenvalue weighted by Crippen LogP contribution is 2.25. The molecule has 1 fully saturated rings. The summed E-state index contributed by atoms with van der Waals surface area (Å²) in [6.07, 6.45) is 5.16. The number of methoxy groups -OCH3 is 1. The minimum atomic E-state index is 0.0870. The summed E-state index contributed by atoms with van der Waals surface area (Å²) in [5.74, 6) is 1.54. The second-order valence-corrected chi connectivity index (χ2v) is 6.93. The third-order valence-corrected chi connectivity index (χ3v) is 4.86. The van der Waals surface area contributed by atoms with Crippen molar-refractivity contribution in [1.29, 1.82) is 0 Å². The summed E-state index contributed by atoms with van der Waals surface area (Å²) in [7, 11) is 1.65. The lowest BCUT2D eigenvalue weighted by atomic mass is 10.1. The normalized spacial score (nSPS) is 15.0. The summed E-state index contributed by atoms with van der Waals surface area (Å²) >= 11 is 6.05. The molecule has 28 heavy (non-hydrogen) atoms. The van der Waals surface area contributed by atoms with Crippen molar-refractivity contribution in [3.63, 3.8) is 0 Å². The molecule has 3 aromatic rings. The number of halogens is 1. The summed E-state index contributed by atoms with van der Waals surface area (Å²) in [6.45, 7) is 1.98. The standard InChI is InChI=1S/C19H21ClN6O2/c1-27-13-17-23-24-19(26(17)15-5-3-14(20)4-6-15)25-11-7-16(8-12-25)28-18-21-9-2-10-22-18/h2-6,9-10,16H,7-8,11-13H2,1H3. The molecule has 0 unspecified atom stereocenters. The van der Waals surface area contributed by atoms with Crippen molar-refractivity contribution in [3.8, 4) is 11.7 Å². The maximum absolute atomic E-state index is 6.05. The van der Waals surface area contributed by atoms with E-state index in [1.807, 2.05) is 28.8 Å². The number of aromatic nitrogens is 5. The van der Waals surface area contributed by atoms with Crippen molar-refractivity contribution in [2.45, 2.75) is 25.6 Å². The number of rotatable bonds is 6. The Morgan fingerprint density at radius 2 is 1.79 bits per heavy atom. The molecule has 8 nitrogen and oxygen atoms in total. The van der Waals surface area contributed by atoms with Gasteiger partial charge in [0.25, 0.3) is 0 Å². The molecule has 0 radical (unpaired) electrons. The largest absolute Gasteiger partial charge is 0.460 e. The Bertz CT molecular complexity index is 895. The Balaban J connectivity index is 1.51. The Morgan fingerprint density at radius 1 is 1.07 bits per heavy atom. The maximum Gasteiger partial charge on any atom is 0.316 e. The van der Waals surface area contributed by atoms with Gasteiger partial charge in [-0.15, -0.1) is 10.2 Å². The van der Waals surface area contributed by atoms with Crippen LogP contribution in [0.5, 0.6) is 6.01 Å². The molecule has 2 aromatic heterocycles. The lowest BCUT2D eigenvalue weighted by Gasteiger charge is -2.32. The van der Waals surface area contributed by atoms with E-state index in [2.05, 4.69) is 25.1 Å². The van der Waals surface area contributed by atoms with Crippen LogP contribution in [0.15, 0.2) is 42.7 Å². The summed E-state index contributed by atoms with van der Waals surface area (Å²) in [5.41, 5.74) is 0.951. The van der Waals surface area contributed by atoms with Crippen LogP contribution >= 0.6 is 11.6 Å². The van der Waals surface area contributed by atoms with Gasteiger partial charge >= 0.3 is 6.01 Å². The highest BCUT2D eigenvalue weighted by atomic mass is 35.5. The van der Waals surface area contributed by atoms with Gasteiger partial charge in [-0.05, 0) is 30.3 Å². The van der Waals surface area contributed by atoms with Gasteiger partial charge in [0, 0.05) is 50.5 Å². The molecular weight excluding hydrogens is 380 g/mol. The molecule has 1 aliphatic heterocycles. The van der Waals surface area contributed by atoms with Crippen LogP contribution in [0.4, 0.5) is 5.95 Å². The molecule has 0 N–H and O–H groups in total. The second kappa shape index (κ2) is 8.53. The fraction of sp³-hybridized carbons (Fsp3) is 0.368. The van der Waals surface area contributed by atoms with Gasteiger partial charge in [0.2, 0.25) is 5.95 Å². The molecule has 146 valence electrons. The zero-order chi connectivity index (χ0) is 19.3. The Morgan fingerprint density at radius 3 is 2.46 bits per heavy atom. The van der Waals surface area contributed by atoms with Crippen molar-refractivity contribution in [2.24, 2.45) is 0 Å². The summed E-state index contributed by atoms with van der Waals surface area (Å²) < 4.78 is 13.2. The number of piperidine rings is 1. The van der Waals surface area contributed by atoms with Crippen LogP contribution in [-0.4, -0.2) is 51.0 Å². The van der Waals surface area contributed by atoms with E-state index in [1.54, 1.807) is 25.6 Å². The lowest BCUT2D eigenvalue weighted by molar-refractivity contribution is 0.156. The molecule has 9 heteroatoms. The SMILES string of the molecule is COCc1nnc(N2CCC(Oc3ncccn3)CC2)n1-c1ccc(Cl)cc1. The van der Waals surface area contributed by atoms with Crippen molar-refractivity contribution < 1.29 is 9.47 Å². The molecule has 1 saturated heterocycles. The molecule has 4 rings (SSSR count). The van der Waals surface area contributed by atoms with Gasteiger partial charge in [0.15, 0.2) is 5.82 Å². The predicted molar refractivity (Wildman–Crippen MR) is 105 cm³/mol. The molecule has 1 aliphatic rings. The summed E-state index contributed by atoms with van der Waals surface area (Å²) in [5, 5.41) is 9.44. The number of nitrogens with zero attached hydrogens (tertiary/aromatic N) is 6. The summed E-state index contributed by atoms with van der Waals surface area (Å²) in [4.78, 5) is 10.5. The highest BCUT2D eigenvalue weighted by Gasteiger charge is 2.26. The molecule has 0 amide bonds. The lowest BCUT2D eigenvalue weighted by Crippen LogP contribution is -2.39. The van der Waals surface area contributed by atoms with Crippen LogP contribution in [0.25, 0.3) is 5.69 Å². The van der Waals surface area contributed by atoms with Crippen molar-refractivity contribution in [2.75, 3.05) is 25.1 Å². The third kappa shape index (κ3) is 4.07. The predicted octanol–water partition coefficient (Wildman–Crippen LogP) is 2.90. The quantitative estimate of drug-likeness (QED) is 0.629. The Hall–Kier alpha value is -2.71. The van der Waals surface area contributed by atoms with Gasteiger partial charge < -0.3 is 14.4 Å². The Kier molecular flexibility index (Phi) is 5.68. The molecular formula is C19H21ClN6O2. The van der Waals surface area contributed by atoms with E-state index >= 15 is 0 Å². The van der Waals surface area contributed by atoms with E-state index in [-0.39, 0.29) is 6.10 Å². The Labute approximate surface area is 168 Å². The third-order valence-electron chi connectivity index (χ3n) is 4.61.